The maximum absolute atomic E-state index is 12.0. The predicted molar refractivity (Wildman–Crippen MR) is 36.4 cm³/mol. The summed E-state index contributed by atoms with van der Waals surface area (Å²) in [4.78, 5) is 8.15. The summed E-state index contributed by atoms with van der Waals surface area (Å²) in [6.45, 7) is 4.85. The fraction of sp³-hybridized carbons (Fsp3) is 1.00. The van der Waals surface area contributed by atoms with Gasteiger partial charge in [-0.2, -0.15) is 0 Å². The highest BCUT2D eigenvalue weighted by molar-refractivity contribution is 7.47. The van der Waals surface area contributed by atoms with E-state index in [-0.39, 0.29) is 0 Å². The van der Waals surface area contributed by atoms with Crippen LogP contribution in [0.3, 0.4) is 0 Å². The Balaban J connectivity index is 4.02. The third kappa shape index (κ3) is 4.91. The van der Waals surface area contributed by atoms with Gasteiger partial charge in [-0.05, 0) is 20.3 Å². The van der Waals surface area contributed by atoms with Crippen LogP contribution in [0.5, 0.6) is 0 Å². The van der Waals surface area contributed by atoms with Crippen molar-refractivity contribution in [3.63, 3.8) is 0 Å². The summed E-state index contributed by atoms with van der Waals surface area (Å²) in [5, 5.41) is 0. The number of halogens is 1. The maximum atomic E-state index is 12.0. The highest BCUT2D eigenvalue weighted by Crippen LogP contribution is 2.47. The largest absolute Gasteiger partial charge is 0.510 e. The van der Waals surface area contributed by atoms with E-state index in [4.69, 9.17) is 4.89 Å². The Labute approximate surface area is 59.9 Å². The molecule has 0 aromatic carbocycles. The first-order valence-electron chi connectivity index (χ1n) is 3.00. The molecule has 10 heavy (non-hydrogen) atoms. The van der Waals surface area contributed by atoms with Gasteiger partial charge in [-0.15, -0.1) is 4.20 Å². The Morgan fingerprint density at radius 3 is 2.20 bits per heavy atom. The van der Waals surface area contributed by atoms with Gasteiger partial charge in [0.15, 0.2) is 0 Å². The van der Waals surface area contributed by atoms with Gasteiger partial charge in [-0.3, -0.25) is 9.42 Å². The lowest BCUT2D eigenvalue weighted by atomic mass is 10.1. The van der Waals surface area contributed by atoms with Gasteiger partial charge in [0.05, 0.1) is 5.60 Å². The van der Waals surface area contributed by atoms with Gasteiger partial charge in [0.25, 0.3) is 0 Å². The molecule has 1 atom stereocenters. The molecule has 1 N–H and O–H groups in total. The Morgan fingerprint density at radius 1 is 1.70 bits per heavy atom. The van der Waals surface area contributed by atoms with E-state index in [1.165, 1.54) is 0 Å². The molecule has 0 radical (unpaired) electrons. The van der Waals surface area contributed by atoms with Crippen LogP contribution in [0, 0.1) is 0 Å². The third-order valence-corrected chi connectivity index (χ3v) is 1.93. The van der Waals surface area contributed by atoms with Crippen LogP contribution in [0.25, 0.3) is 0 Å². The quantitative estimate of drug-likeness (QED) is 0.661. The summed E-state index contributed by atoms with van der Waals surface area (Å²) < 4.78 is 26.2. The first-order valence-corrected chi connectivity index (χ1v) is 4.47. The van der Waals surface area contributed by atoms with Crippen molar-refractivity contribution in [3.8, 4) is 0 Å². The minimum absolute atomic E-state index is 0.488. The highest BCUT2D eigenvalue weighted by Gasteiger charge is 2.28. The summed E-state index contributed by atoms with van der Waals surface area (Å²) in [5.41, 5.74) is -0.862. The average molecular weight is 170 g/mol. The molecular formula is C5H12FO3P. The zero-order valence-corrected chi connectivity index (χ0v) is 7.19. The Morgan fingerprint density at radius 2 is 2.10 bits per heavy atom. The van der Waals surface area contributed by atoms with Crippen molar-refractivity contribution in [3.05, 3.63) is 0 Å². The van der Waals surface area contributed by atoms with Crippen molar-refractivity contribution in [2.24, 2.45) is 0 Å². The van der Waals surface area contributed by atoms with E-state index in [1.807, 2.05) is 0 Å². The molecular weight excluding hydrogens is 158 g/mol. The molecule has 3 nitrogen and oxygen atoms in total. The maximum Gasteiger partial charge on any atom is 0.510 e. The Kier molecular flexibility index (Phi) is 3.01. The fourth-order valence-electron chi connectivity index (χ4n) is 0.369. The van der Waals surface area contributed by atoms with Gasteiger partial charge in [0.2, 0.25) is 0 Å². The van der Waals surface area contributed by atoms with Crippen molar-refractivity contribution < 1.29 is 18.2 Å². The van der Waals surface area contributed by atoms with Gasteiger partial charge in [0, 0.05) is 0 Å². The summed E-state index contributed by atoms with van der Waals surface area (Å²) in [5.74, 6) is 0. The van der Waals surface area contributed by atoms with Crippen molar-refractivity contribution in [2.75, 3.05) is 0 Å². The van der Waals surface area contributed by atoms with Gasteiger partial charge < -0.3 is 0 Å². The topological polar surface area (TPSA) is 46.5 Å². The molecule has 0 aliphatic rings. The lowest BCUT2D eigenvalue weighted by molar-refractivity contribution is 0.0741. The molecule has 62 valence electrons. The van der Waals surface area contributed by atoms with Gasteiger partial charge in [-0.25, -0.2) is 4.57 Å². The van der Waals surface area contributed by atoms with Crippen LogP contribution in [0.15, 0.2) is 0 Å². The van der Waals surface area contributed by atoms with E-state index < -0.39 is 13.5 Å². The van der Waals surface area contributed by atoms with Gasteiger partial charge >= 0.3 is 7.91 Å². The summed E-state index contributed by atoms with van der Waals surface area (Å²) >= 11 is 0. The molecule has 0 aromatic heterocycles. The molecule has 0 aromatic rings. The van der Waals surface area contributed by atoms with Crippen LogP contribution in [-0.2, 0) is 9.09 Å². The molecule has 0 saturated heterocycles. The standard InChI is InChI=1S/C5H12FO3P/c1-4-5(2,3)9-10(6,7)8/h4H2,1-3H3,(H,7,8). The van der Waals surface area contributed by atoms with Crippen molar-refractivity contribution in [1.29, 1.82) is 0 Å². The molecule has 0 fully saturated rings. The molecule has 5 heteroatoms. The zero-order valence-electron chi connectivity index (χ0n) is 6.30. The van der Waals surface area contributed by atoms with E-state index in [2.05, 4.69) is 4.52 Å². The number of hydrogen-bond acceptors (Lipinski definition) is 2. The Hall–Kier alpha value is 0.0800. The molecule has 0 aliphatic carbocycles. The number of rotatable bonds is 3. The second kappa shape index (κ2) is 2.99. The van der Waals surface area contributed by atoms with Crippen LogP contribution >= 0.6 is 7.91 Å². The normalized spacial score (nSPS) is 18.5. The highest BCUT2D eigenvalue weighted by atomic mass is 31.2. The minimum Gasteiger partial charge on any atom is -0.299 e. The first kappa shape index (κ1) is 10.1. The fourth-order valence-corrected chi connectivity index (χ4v) is 1.11. The van der Waals surface area contributed by atoms with E-state index in [0.29, 0.717) is 6.42 Å². The van der Waals surface area contributed by atoms with Crippen LogP contribution in [0.2, 0.25) is 0 Å². The second-order valence-electron chi connectivity index (χ2n) is 2.66. The zero-order chi connectivity index (χ0) is 8.41. The lowest BCUT2D eigenvalue weighted by Gasteiger charge is -2.21. The summed E-state index contributed by atoms with van der Waals surface area (Å²) in [7, 11) is -4.80. The van der Waals surface area contributed by atoms with Crippen molar-refractivity contribution in [2.45, 2.75) is 32.8 Å². The van der Waals surface area contributed by atoms with Crippen LogP contribution in [0.4, 0.5) is 4.20 Å². The minimum atomic E-state index is -4.80. The van der Waals surface area contributed by atoms with Crippen LogP contribution in [-0.4, -0.2) is 10.5 Å². The van der Waals surface area contributed by atoms with E-state index >= 15 is 0 Å². The van der Waals surface area contributed by atoms with E-state index in [0.717, 1.165) is 0 Å². The predicted octanol–water partition coefficient (Wildman–Crippen LogP) is 2.26. The molecule has 0 rings (SSSR count). The second-order valence-corrected chi connectivity index (χ2v) is 3.74. The molecule has 0 aliphatic heterocycles. The van der Waals surface area contributed by atoms with E-state index in [1.54, 1.807) is 20.8 Å². The van der Waals surface area contributed by atoms with Gasteiger partial charge in [-0.1, -0.05) is 6.92 Å². The van der Waals surface area contributed by atoms with E-state index in [9.17, 15) is 8.76 Å². The average Bonchev–Trinajstić information content (AvgIpc) is 1.60. The van der Waals surface area contributed by atoms with Crippen LogP contribution < -0.4 is 0 Å². The number of hydrogen-bond donors (Lipinski definition) is 1. The molecule has 0 saturated carbocycles. The smallest absolute Gasteiger partial charge is 0.299 e. The molecule has 0 bridgehead atoms. The summed E-state index contributed by atoms with van der Waals surface area (Å²) in [6, 6.07) is 0. The SMILES string of the molecule is CCC(C)(C)OP(=O)(O)F. The summed E-state index contributed by atoms with van der Waals surface area (Å²) in [6.07, 6.45) is 0.488. The molecule has 0 spiro atoms. The van der Waals surface area contributed by atoms with Gasteiger partial charge in [0.1, 0.15) is 0 Å². The van der Waals surface area contributed by atoms with Crippen LogP contribution in [0.1, 0.15) is 27.2 Å². The molecule has 0 heterocycles. The molecule has 0 amide bonds. The van der Waals surface area contributed by atoms with Crippen molar-refractivity contribution in [1.82, 2.24) is 0 Å². The monoisotopic (exact) mass is 170 g/mol. The first-order chi connectivity index (χ1) is 4.27. The lowest BCUT2D eigenvalue weighted by Crippen LogP contribution is -2.20. The van der Waals surface area contributed by atoms with Crippen molar-refractivity contribution >= 4 is 7.91 Å². The third-order valence-electron chi connectivity index (χ3n) is 1.21. The Bertz CT molecular complexity index is 151. The molecule has 1 unspecified atom stereocenters.